The van der Waals surface area contributed by atoms with Crippen LogP contribution in [0.1, 0.15) is 29.4 Å². The van der Waals surface area contributed by atoms with Crippen LogP contribution < -0.4 is 0 Å². The van der Waals surface area contributed by atoms with E-state index in [0.29, 0.717) is 6.07 Å². The summed E-state index contributed by atoms with van der Waals surface area (Å²) in [5.41, 5.74) is -2.00. The summed E-state index contributed by atoms with van der Waals surface area (Å²) < 4.78 is 42.7. The molecule has 0 aliphatic heterocycles. The van der Waals surface area contributed by atoms with Gasteiger partial charge < -0.3 is 14.9 Å². The fraction of sp³-hybridized carbons (Fsp3) is 0.333. The van der Waals surface area contributed by atoms with Gasteiger partial charge in [-0.1, -0.05) is 0 Å². The molecule has 18 heavy (non-hydrogen) atoms. The summed E-state index contributed by atoms with van der Waals surface area (Å²) >= 11 is 0. The van der Waals surface area contributed by atoms with Gasteiger partial charge in [-0.3, -0.25) is 0 Å². The highest BCUT2D eigenvalue weighted by Gasteiger charge is 2.30. The van der Waals surface area contributed by atoms with E-state index < -0.39 is 40.2 Å². The SMILES string of the molecule is CCOC(=O)c1cc(C(F)F)nc([N+](=O)[O-])c1F. The standard InChI is InChI=1S/C9H7F3N2O4/c1-2-18-9(15)4-3-5(7(11)12)13-8(6(4)10)14(16)17/h3,7H,2H2,1H3. The molecule has 0 bridgehead atoms. The van der Waals surface area contributed by atoms with Gasteiger partial charge in [0.2, 0.25) is 11.5 Å². The van der Waals surface area contributed by atoms with Crippen molar-refractivity contribution in [3.63, 3.8) is 0 Å². The zero-order chi connectivity index (χ0) is 13.9. The Morgan fingerprint density at radius 3 is 2.67 bits per heavy atom. The predicted molar refractivity (Wildman–Crippen MR) is 51.8 cm³/mol. The molecule has 1 aromatic rings. The molecule has 0 saturated carbocycles. The van der Waals surface area contributed by atoms with Crippen LogP contribution >= 0.6 is 0 Å². The van der Waals surface area contributed by atoms with Crippen molar-refractivity contribution in [1.82, 2.24) is 4.98 Å². The van der Waals surface area contributed by atoms with Crippen LogP contribution in [-0.2, 0) is 4.74 Å². The molecule has 0 spiro atoms. The van der Waals surface area contributed by atoms with Crippen LogP contribution in [0.2, 0.25) is 0 Å². The van der Waals surface area contributed by atoms with Crippen LogP contribution in [0.3, 0.4) is 0 Å². The smallest absolute Gasteiger partial charge is 0.401 e. The lowest BCUT2D eigenvalue weighted by Crippen LogP contribution is -2.12. The molecule has 1 aromatic heterocycles. The summed E-state index contributed by atoms with van der Waals surface area (Å²) in [6.45, 7) is 1.29. The molecule has 98 valence electrons. The molecule has 6 nitrogen and oxygen atoms in total. The highest BCUT2D eigenvalue weighted by atomic mass is 19.3. The molecule has 0 aromatic carbocycles. The van der Waals surface area contributed by atoms with Crippen molar-refractivity contribution in [1.29, 1.82) is 0 Å². The largest absolute Gasteiger partial charge is 0.462 e. The molecule has 0 radical (unpaired) electrons. The number of alkyl halides is 2. The third-order valence-electron chi connectivity index (χ3n) is 1.85. The number of hydrogen-bond acceptors (Lipinski definition) is 5. The Balaban J connectivity index is 3.40. The Kier molecular flexibility index (Phi) is 4.18. The Bertz CT molecular complexity index is 493. The van der Waals surface area contributed by atoms with Gasteiger partial charge in [-0.25, -0.2) is 13.6 Å². The second-order valence-corrected chi connectivity index (χ2v) is 3.01. The van der Waals surface area contributed by atoms with Gasteiger partial charge in [-0.2, -0.15) is 4.39 Å². The summed E-state index contributed by atoms with van der Waals surface area (Å²) in [4.78, 5) is 23.2. The quantitative estimate of drug-likeness (QED) is 0.473. The number of nitro groups is 1. The molecular weight excluding hydrogens is 257 g/mol. The average Bonchev–Trinajstić information content (AvgIpc) is 2.28. The van der Waals surface area contributed by atoms with Crippen LogP contribution in [0.15, 0.2) is 6.07 Å². The van der Waals surface area contributed by atoms with E-state index >= 15 is 0 Å². The molecule has 0 fully saturated rings. The Hall–Kier alpha value is -2.19. The summed E-state index contributed by atoms with van der Waals surface area (Å²) in [7, 11) is 0. The molecule has 0 unspecified atom stereocenters. The van der Waals surface area contributed by atoms with Crippen LogP contribution in [0.4, 0.5) is 19.0 Å². The van der Waals surface area contributed by atoms with Crippen molar-refractivity contribution < 1.29 is 27.6 Å². The van der Waals surface area contributed by atoms with Crippen LogP contribution in [0.5, 0.6) is 0 Å². The molecule has 0 amide bonds. The van der Waals surface area contributed by atoms with Crippen LogP contribution in [-0.4, -0.2) is 22.5 Å². The van der Waals surface area contributed by atoms with Gasteiger partial charge in [0.1, 0.15) is 5.56 Å². The molecule has 0 N–H and O–H groups in total. The number of esters is 1. The number of aromatic nitrogens is 1. The van der Waals surface area contributed by atoms with E-state index in [2.05, 4.69) is 9.72 Å². The molecule has 1 heterocycles. The highest BCUT2D eigenvalue weighted by Crippen LogP contribution is 2.25. The number of carbonyl (C=O) groups is 1. The topological polar surface area (TPSA) is 82.3 Å². The monoisotopic (exact) mass is 264 g/mol. The normalized spacial score (nSPS) is 10.5. The van der Waals surface area contributed by atoms with Gasteiger partial charge in [0.15, 0.2) is 0 Å². The Labute approximate surface area is 98.5 Å². The van der Waals surface area contributed by atoms with Gasteiger partial charge in [0.05, 0.1) is 6.61 Å². The zero-order valence-corrected chi connectivity index (χ0v) is 9.02. The van der Waals surface area contributed by atoms with Crippen molar-refractivity contribution in [3.8, 4) is 0 Å². The molecule has 1 rings (SSSR count). The molecule has 0 aliphatic rings. The number of pyridine rings is 1. The minimum absolute atomic E-state index is 0.127. The number of nitrogens with zero attached hydrogens (tertiary/aromatic N) is 2. The summed E-state index contributed by atoms with van der Waals surface area (Å²) in [6.07, 6.45) is -3.17. The lowest BCUT2D eigenvalue weighted by Gasteiger charge is -2.04. The molecule has 0 atom stereocenters. The number of carbonyl (C=O) groups excluding carboxylic acids is 1. The molecule has 9 heteroatoms. The van der Waals surface area contributed by atoms with E-state index in [1.807, 2.05) is 0 Å². The van der Waals surface area contributed by atoms with E-state index in [4.69, 9.17) is 0 Å². The van der Waals surface area contributed by atoms with Gasteiger partial charge in [0, 0.05) is 6.07 Å². The van der Waals surface area contributed by atoms with Crippen molar-refractivity contribution in [2.75, 3.05) is 6.61 Å². The minimum atomic E-state index is -3.17. The third kappa shape index (κ3) is 2.73. The first-order valence-corrected chi connectivity index (χ1v) is 4.68. The van der Waals surface area contributed by atoms with Gasteiger partial charge in [-0.15, -0.1) is 0 Å². The first kappa shape index (κ1) is 13.9. The number of ether oxygens (including phenoxy) is 1. The van der Waals surface area contributed by atoms with Gasteiger partial charge in [0.25, 0.3) is 0 Å². The van der Waals surface area contributed by atoms with Crippen molar-refractivity contribution in [2.24, 2.45) is 0 Å². The zero-order valence-electron chi connectivity index (χ0n) is 9.02. The first-order chi connectivity index (χ1) is 8.38. The first-order valence-electron chi connectivity index (χ1n) is 4.68. The minimum Gasteiger partial charge on any atom is -0.462 e. The molecule has 0 saturated heterocycles. The van der Waals surface area contributed by atoms with Gasteiger partial charge in [-0.05, 0) is 16.8 Å². The van der Waals surface area contributed by atoms with Crippen molar-refractivity contribution in [2.45, 2.75) is 13.3 Å². The van der Waals surface area contributed by atoms with Crippen LogP contribution in [0.25, 0.3) is 0 Å². The third-order valence-corrected chi connectivity index (χ3v) is 1.85. The van der Waals surface area contributed by atoms with E-state index in [9.17, 15) is 28.1 Å². The Morgan fingerprint density at radius 2 is 2.22 bits per heavy atom. The second-order valence-electron chi connectivity index (χ2n) is 3.01. The maximum absolute atomic E-state index is 13.5. The van der Waals surface area contributed by atoms with E-state index in [0.717, 1.165) is 0 Å². The van der Waals surface area contributed by atoms with E-state index in [-0.39, 0.29) is 6.61 Å². The second kappa shape index (κ2) is 5.43. The maximum atomic E-state index is 13.5. The number of hydrogen-bond donors (Lipinski definition) is 0. The predicted octanol–water partition coefficient (Wildman–Crippen LogP) is 2.24. The lowest BCUT2D eigenvalue weighted by atomic mass is 10.2. The van der Waals surface area contributed by atoms with Crippen molar-refractivity contribution >= 4 is 11.8 Å². The Morgan fingerprint density at radius 1 is 1.61 bits per heavy atom. The number of halogens is 3. The summed E-state index contributed by atoms with van der Waals surface area (Å²) in [6, 6.07) is 0.436. The summed E-state index contributed by atoms with van der Waals surface area (Å²) in [5, 5.41) is 10.4. The lowest BCUT2D eigenvalue weighted by molar-refractivity contribution is -0.392. The fourth-order valence-electron chi connectivity index (χ4n) is 1.13. The van der Waals surface area contributed by atoms with Gasteiger partial charge >= 0.3 is 18.2 Å². The average molecular weight is 264 g/mol. The molecular formula is C9H7F3N2O4. The highest BCUT2D eigenvalue weighted by molar-refractivity contribution is 5.90. The van der Waals surface area contributed by atoms with Crippen LogP contribution in [0, 0.1) is 15.9 Å². The van der Waals surface area contributed by atoms with E-state index in [1.165, 1.54) is 6.92 Å². The fourth-order valence-corrected chi connectivity index (χ4v) is 1.13. The maximum Gasteiger partial charge on any atom is 0.401 e. The molecule has 0 aliphatic carbocycles. The number of rotatable bonds is 4. The van der Waals surface area contributed by atoms with E-state index in [1.54, 1.807) is 0 Å². The summed E-state index contributed by atoms with van der Waals surface area (Å²) in [5.74, 6) is -4.29. The van der Waals surface area contributed by atoms with Crippen molar-refractivity contribution in [3.05, 3.63) is 33.3 Å².